The number of aryl methyl sites for hydroxylation is 1. The van der Waals surface area contributed by atoms with E-state index in [1.807, 2.05) is 6.92 Å². The van der Waals surface area contributed by atoms with Crippen LogP contribution >= 0.6 is 23.2 Å². The first-order valence-corrected chi connectivity index (χ1v) is 9.83. The van der Waals surface area contributed by atoms with Crippen molar-refractivity contribution in [2.75, 3.05) is 6.26 Å². The Morgan fingerprint density at radius 1 is 1.30 bits per heavy atom. The highest BCUT2D eigenvalue weighted by Crippen LogP contribution is 2.26. The van der Waals surface area contributed by atoms with Crippen LogP contribution in [-0.2, 0) is 22.0 Å². The van der Waals surface area contributed by atoms with Gasteiger partial charge in [0, 0.05) is 36.2 Å². The van der Waals surface area contributed by atoms with Crippen LogP contribution in [0.5, 0.6) is 0 Å². The highest BCUT2D eigenvalue weighted by atomic mass is 35.5. The molecule has 0 radical (unpaired) electrons. The van der Waals surface area contributed by atoms with Crippen molar-refractivity contribution in [2.24, 2.45) is 0 Å². The molecule has 3 rings (SSSR count). The maximum Gasteiger partial charge on any atom is 0.290 e. The van der Waals surface area contributed by atoms with Gasteiger partial charge >= 0.3 is 0 Å². The first-order chi connectivity index (χ1) is 12.8. The van der Waals surface area contributed by atoms with Crippen LogP contribution in [0.25, 0.3) is 5.52 Å². The van der Waals surface area contributed by atoms with E-state index in [4.69, 9.17) is 33.1 Å². The van der Waals surface area contributed by atoms with E-state index in [-0.39, 0.29) is 18.7 Å². The van der Waals surface area contributed by atoms with Crippen molar-refractivity contribution in [3.05, 3.63) is 57.5 Å². The molecule has 10 heteroatoms. The van der Waals surface area contributed by atoms with Gasteiger partial charge in [0.1, 0.15) is 5.03 Å². The Bertz CT molecular complexity index is 1020. The fourth-order valence-electron chi connectivity index (χ4n) is 2.49. The van der Waals surface area contributed by atoms with Gasteiger partial charge in [-0.05, 0) is 25.1 Å². The molecule has 0 aliphatic rings. The smallest absolute Gasteiger partial charge is 0.290 e. The molecule has 0 saturated heterocycles. The van der Waals surface area contributed by atoms with E-state index < -0.39 is 10.8 Å². The molecule has 0 bridgehead atoms. The zero-order chi connectivity index (χ0) is 20.1. The number of rotatable bonds is 4. The number of nitrogens with zero attached hydrogens (tertiary/aromatic N) is 3. The van der Waals surface area contributed by atoms with Crippen molar-refractivity contribution in [1.29, 1.82) is 0 Å². The molecular formula is C17H15Cl2N3O4S. The maximum absolute atomic E-state index is 12.8. The number of aromatic nitrogens is 3. The predicted molar refractivity (Wildman–Crippen MR) is 103 cm³/mol. The number of hydrogen-bond acceptors (Lipinski definition) is 5. The molecule has 0 saturated carbocycles. The summed E-state index contributed by atoms with van der Waals surface area (Å²) < 4.78 is 13.4. The van der Waals surface area contributed by atoms with E-state index >= 15 is 0 Å². The summed E-state index contributed by atoms with van der Waals surface area (Å²) in [5.41, 5.74) is 2.37. The van der Waals surface area contributed by atoms with Crippen LogP contribution in [0.2, 0.25) is 10.0 Å². The normalized spacial score (nSPS) is 11.6. The average molecular weight is 428 g/mol. The van der Waals surface area contributed by atoms with E-state index in [1.165, 1.54) is 12.4 Å². The van der Waals surface area contributed by atoms with Crippen LogP contribution < -0.4 is 0 Å². The highest BCUT2D eigenvalue weighted by Gasteiger charge is 2.18. The summed E-state index contributed by atoms with van der Waals surface area (Å²) in [5, 5.41) is 12.5. The quantitative estimate of drug-likeness (QED) is 0.506. The van der Waals surface area contributed by atoms with Gasteiger partial charge < -0.3 is 5.11 Å². The Hall–Kier alpha value is -2.29. The van der Waals surface area contributed by atoms with Crippen LogP contribution in [0.1, 0.15) is 21.6 Å². The van der Waals surface area contributed by atoms with E-state index in [9.17, 15) is 9.00 Å². The number of fused-ring (bicyclic) bond motifs is 1. The van der Waals surface area contributed by atoms with Gasteiger partial charge in [-0.15, -0.1) is 0 Å². The molecule has 3 aromatic heterocycles. The van der Waals surface area contributed by atoms with E-state index in [1.54, 1.807) is 29.0 Å². The first kappa shape index (κ1) is 21.0. The molecule has 27 heavy (non-hydrogen) atoms. The largest absolute Gasteiger partial charge is 0.483 e. The highest BCUT2D eigenvalue weighted by molar-refractivity contribution is 7.84. The minimum Gasteiger partial charge on any atom is -0.483 e. The molecule has 3 heterocycles. The summed E-state index contributed by atoms with van der Waals surface area (Å²) in [4.78, 5) is 25.0. The van der Waals surface area contributed by atoms with E-state index in [0.717, 1.165) is 5.69 Å². The Kier molecular flexibility index (Phi) is 7.06. The molecule has 0 fully saturated rings. The van der Waals surface area contributed by atoms with Crippen molar-refractivity contribution >= 4 is 51.8 Å². The predicted octanol–water partition coefficient (Wildman–Crippen LogP) is 3.21. The molecule has 7 nitrogen and oxygen atoms in total. The van der Waals surface area contributed by atoms with Crippen LogP contribution in [0.4, 0.5) is 0 Å². The first-order valence-electron chi connectivity index (χ1n) is 7.51. The topological polar surface area (TPSA) is 102 Å². The molecule has 0 spiro atoms. The second kappa shape index (κ2) is 9.07. The lowest BCUT2D eigenvalue weighted by molar-refractivity contribution is -0.122. The van der Waals surface area contributed by atoms with Gasteiger partial charge in [0.2, 0.25) is 0 Å². The number of Topliss-reactive ketones (excluding diaryl/α,β-unsaturated/α-hetero) is 1. The van der Waals surface area contributed by atoms with Gasteiger partial charge in [-0.3, -0.25) is 18.8 Å². The van der Waals surface area contributed by atoms with Gasteiger partial charge in [-0.1, -0.05) is 23.2 Å². The Morgan fingerprint density at radius 3 is 2.44 bits per heavy atom. The number of pyridine rings is 2. The lowest BCUT2D eigenvalue weighted by atomic mass is 10.0. The summed E-state index contributed by atoms with van der Waals surface area (Å²) in [6, 6.07) is 5.11. The van der Waals surface area contributed by atoms with Crippen LogP contribution in [0.3, 0.4) is 0 Å². The zero-order valence-electron chi connectivity index (χ0n) is 14.3. The molecular weight excluding hydrogens is 413 g/mol. The second-order valence-electron chi connectivity index (χ2n) is 5.41. The minimum atomic E-state index is -1.22. The van der Waals surface area contributed by atoms with Gasteiger partial charge in [0.25, 0.3) is 6.47 Å². The van der Waals surface area contributed by atoms with Crippen LogP contribution in [0.15, 0.2) is 35.6 Å². The fourth-order valence-corrected chi connectivity index (χ4v) is 3.63. The summed E-state index contributed by atoms with van der Waals surface area (Å²) in [7, 11) is -1.22. The molecule has 1 N–H and O–H groups in total. The van der Waals surface area contributed by atoms with E-state index in [0.29, 0.717) is 31.7 Å². The van der Waals surface area contributed by atoms with Gasteiger partial charge in [0.05, 0.1) is 32.1 Å². The standard InChI is InChI=1S/C16H13Cl2N3O2S.CH2O2/c1-9-5-14-10(3-4-16(24(2)23)21(14)20-9)15(22)6-11-12(17)7-19-8-13(11)18;2-1-3/h3-5,7-8H,6H2,1-2H3;1H,(H,2,3). The third kappa shape index (κ3) is 4.71. The summed E-state index contributed by atoms with van der Waals surface area (Å²) in [6.45, 7) is 1.57. The van der Waals surface area contributed by atoms with Crippen molar-refractivity contribution in [2.45, 2.75) is 18.4 Å². The zero-order valence-corrected chi connectivity index (χ0v) is 16.7. The molecule has 3 aromatic rings. The molecule has 0 aromatic carbocycles. The second-order valence-corrected chi connectivity index (χ2v) is 7.55. The number of halogens is 2. The Balaban J connectivity index is 0.000000817. The number of hydrogen-bond donors (Lipinski definition) is 1. The van der Waals surface area contributed by atoms with Crippen molar-refractivity contribution < 1.29 is 18.9 Å². The van der Waals surface area contributed by atoms with Crippen molar-refractivity contribution in [1.82, 2.24) is 14.6 Å². The van der Waals surface area contributed by atoms with Gasteiger partial charge in [-0.25, -0.2) is 4.52 Å². The van der Waals surface area contributed by atoms with Crippen molar-refractivity contribution in [3.8, 4) is 0 Å². The lowest BCUT2D eigenvalue weighted by Crippen LogP contribution is -2.09. The summed E-state index contributed by atoms with van der Waals surface area (Å²) in [6.07, 6.45) is 4.54. The third-order valence-corrected chi connectivity index (χ3v) is 5.14. The van der Waals surface area contributed by atoms with Crippen LogP contribution in [0, 0.1) is 6.92 Å². The molecule has 0 aliphatic carbocycles. The van der Waals surface area contributed by atoms with Gasteiger partial charge in [-0.2, -0.15) is 5.10 Å². The van der Waals surface area contributed by atoms with Crippen molar-refractivity contribution in [3.63, 3.8) is 0 Å². The number of carbonyl (C=O) groups is 2. The Morgan fingerprint density at radius 2 is 1.89 bits per heavy atom. The minimum absolute atomic E-state index is 0.0502. The van der Waals surface area contributed by atoms with E-state index in [2.05, 4.69) is 10.1 Å². The fraction of sp³-hybridized carbons (Fsp3) is 0.176. The molecule has 1 atom stereocenters. The summed E-state index contributed by atoms with van der Waals surface area (Å²) in [5.74, 6) is -0.150. The average Bonchev–Trinajstić information content (AvgIpc) is 2.98. The monoisotopic (exact) mass is 427 g/mol. The molecule has 1 unspecified atom stereocenters. The lowest BCUT2D eigenvalue weighted by Gasteiger charge is -2.09. The Labute approximate surface area is 167 Å². The molecule has 0 amide bonds. The SMILES string of the molecule is Cc1cc2c(C(=O)Cc3c(Cl)cncc3Cl)ccc(S(C)=O)n2n1.O=CO. The van der Waals surface area contributed by atoms with Crippen LogP contribution in [-0.4, -0.2) is 42.4 Å². The number of carboxylic acid groups (broad SMARTS) is 1. The summed E-state index contributed by atoms with van der Waals surface area (Å²) >= 11 is 12.2. The van der Waals surface area contributed by atoms with Gasteiger partial charge in [0.15, 0.2) is 5.78 Å². The molecule has 0 aliphatic heterocycles. The number of ketones is 1. The molecule has 142 valence electrons. The maximum atomic E-state index is 12.8. The third-order valence-electron chi connectivity index (χ3n) is 3.59. The number of carbonyl (C=O) groups excluding carboxylic acids is 1.